The Labute approximate surface area is 184 Å². The maximum absolute atomic E-state index is 12.8. The van der Waals surface area contributed by atoms with E-state index in [0.717, 1.165) is 42.9 Å². The SMILES string of the molecule is CCCN1C(=O)c2ccccc2C1Nc1ccc(C(=O)NCCN2CCCCC2)cc1. The summed E-state index contributed by atoms with van der Waals surface area (Å²) in [5.74, 6) is 0.0252. The van der Waals surface area contributed by atoms with Gasteiger partial charge in [0.15, 0.2) is 0 Å². The summed E-state index contributed by atoms with van der Waals surface area (Å²) < 4.78 is 0. The minimum absolute atomic E-state index is 0.0439. The number of carbonyl (C=O) groups excluding carboxylic acids is 2. The van der Waals surface area contributed by atoms with Crippen molar-refractivity contribution in [2.45, 2.75) is 38.8 Å². The zero-order valence-electron chi connectivity index (χ0n) is 18.3. The first-order valence-electron chi connectivity index (χ1n) is 11.4. The summed E-state index contributed by atoms with van der Waals surface area (Å²) in [6, 6.07) is 15.3. The van der Waals surface area contributed by atoms with E-state index in [9.17, 15) is 9.59 Å². The molecule has 0 bridgehead atoms. The number of benzene rings is 2. The van der Waals surface area contributed by atoms with Gasteiger partial charge in [0.2, 0.25) is 0 Å². The summed E-state index contributed by atoms with van der Waals surface area (Å²) >= 11 is 0. The van der Waals surface area contributed by atoms with E-state index in [2.05, 4.69) is 22.5 Å². The lowest BCUT2D eigenvalue weighted by Crippen LogP contribution is -2.37. The molecule has 0 aromatic heterocycles. The molecule has 0 radical (unpaired) electrons. The van der Waals surface area contributed by atoms with Crippen molar-refractivity contribution < 1.29 is 9.59 Å². The van der Waals surface area contributed by atoms with Gasteiger partial charge in [-0.3, -0.25) is 9.59 Å². The molecule has 6 heteroatoms. The van der Waals surface area contributed by atoms with E-state index in [4.69, 9.17) is 0 Å². The van der Waals surface area contributed by atoms with E-state index in [1.165, 1.54) is 19.3 Å². The number of hydrogen-bond acceptors (Lipinski definition) is 4. The molecule has 0 aliphatic carbocycles. The summed E-state index contributed by atoms with van der Waals surface area (Å²) in [6.45, 7) is 6.63. The Morgan fingerprint density at radius 3 is 2.48 bits per heavy atom. The van der Waals surface area contributed by atoms with E-state index < -0.39 is 0 Å². The third kappa shape index (κ3) is 4.90. The van der Waals surface area contributed by atoms with E-state index in [0.29, 0.717) is 18.7 Å². The number of nitrogens with zero attached hydrogens (tertiary/aromatic N) is 2. The van der Waals surface area contributed by atoms with Crippen molar-refractivity contribution in [2.75, 3.05) is 38.0 Å². The van der Waals surface area contributed by atoms with Gasteiger partial charge >= 0.3 is 0 Å². The molecule has 1 unspecified atom stereocenters. The van der Waals surface area contributed by atoms with E-state index in [1.807, 2.05) is 53.4 Å². The van der Waals surface area contributed by atoms with Gasteiger partial charge in [0.1, 0.15) is 6.17 Å². The van der Waals surface area contributed by atoms with Gasteiger partial charge in [-0.25, -0.2) is 0 Å². The molecule has 0 spiro atoms. The fourth-order valence-corrected chi connectivity index (χ4v) is 4.49. The zero-order valence-corrected chi connectivity index (χ0v) is 18.3. The fourth-order valence-electron chi connectivity index (χ4n) is 4.49. The summed E-state index contributed by atoms with van der Waals surface area (Å²) in [6.07, 6.45) is 4.55. The number of piperidine rings is 1. The van der Waals surface area contributed by atoms with Gasteiger partial charge in [-0.2, -0.15) is 0 Å². The smallest absolute Gasteiger partial charge is 0.256 e. The lowest BCUT2D eigenvalue weighted by Gasteiger charge is -2.27. The minimum atomic E-state index is -0.187. The standard InChI is InChI=1S/C25H32N4O2/c1-2-15-29-23(21-8-4-5-9-22(21)25(29)31)27-20-12-10-19(11-13-20)24(30)26-14-18-28-16-6-3-7-17-28/h4-5,8-13,23,27H,2-3,6-7,14-18H2,1H3,(H,26,30). The number of carbonyl (C=O) groups is 2. The van der Waals surface area contributed by atoms with Crippen molar-refractivity contribution in [2.24, 2.45) is 0 Å². The van der Waals surface area contributed by atoms with Crippen molar-refractivity contribution in [3.63, 3.8) is 0 Å². The lowest BCUT2D eigenvalue weighted by atomic mass is 10.1. The van der Waals surface area contributed by atoms with Gasteiger partial charge in [0.25, 0.3) is 11.8 Å². The highest BCUT2D eigenvalue weighted by Gasteiger charge is 2.35. The molecule has 2 aromatic carbocycles. The van der Waals surface area contributed by atoms with Crippen molar-refractivity contribution in [3.8, 4) is 0 Å². The van der Waals surface area contributed by atoms with Crippen LogP contribution in [0.25, 0.3) is 0 Å². The number of rotatable bonds is 8. The summed E-state index contributed by atoms with van der Waals surface area (Å²) in [7, 11) is 0. The molecule has 31 heavy (non-hydrogen) atoms. The molecule has 2 N–H and O–H groups in total. The summed E-state index contributed by atoms with van der Waals surface area (Å²) in [5, 5.41) is 6.51. The molecule has 4 rings (SSSR count). The molecule has 2 amide bonds. The molecule has 2 aliphatic heterocycles. The van der Waals surface area contributed by atoms with Crippen LogP contribution in [-0.2, 0) is 0 Å². The lowest BCUT2D eigenvalue weighted by molar-refractivity contribution is 0.0743. The van der Waals surface area contributed by atoms with Crippen molar-refractivity contribution in [1.82, 2.24) is 15.1 Å². The predicted molar refractivity (Wildman–Crippen MR) is 123 cm³/mol. The second-order valence-corrected chi connectivity index (χ2v) is 8.37. The van der Waals surface area contributed by atoms with Gasteiger partial charge in [0.05, 0.1) is 0 Å². The molecule has 1 saturated heterocycles. The topological polar surface area (TPSA) is 64.7 Å². The van der Waals surface area contributed by atoms with Crippen molar-refractivity contribution in [1.29, 1.82) is 0 Å². The Morgan fingerprint density at radius 1 is 1.00 bits per heavy atom. The van der Waals surface area contributed by atoms with Gasteiger partial charge < -0.3 is 20.4 Å². The highest BCUT2D eigenvalue weighted by atomic mass is 16.2. The first-order valence-corrected chi connectivity index (χ1v) is 11.4. The average Bonchev–Trinajstić information content (AvgIpc) is 3.07. The van der Waals surface area contributed by atoms with E-state index in [-0.39, 0.29) is 18.0 Å². The van der Waals surface area contributed by atoms with Crippen LogP contribution in [0.5, 0.6) is 0 Å². The molecule has 2 aliphatic rings. The first kappa shape index (κ1) is 21.4. The molecule has 1 fully saturated rings. The van der Waals surface area contributed by atoms with E-state index in [1.54, 1.807) is 0 Å². The summed E-state index contributed by atoms with van der Waals surface area (Å²) in [4.78, 5) is 29.6. The van der Waals surface area contributed by atoms with Crippen LogP contribution in [0.2, 0.25) is 0 Å². The molecule has 164 valence electrons. The fraction of sp³-hybridized carbons (Fsp3) is 0.440. The van der Waals surface area contributed by atoms with Crippen molar-refractivity contribution in [3.05, 3.63) is 65.2 Å². The van der Waals surface area contributed by atoms with Crippen LogP contribution in [0.3, 0.4) is 0 Å². The predicted octanol–water partition coefficient (Wildman–Crippen LogP) is 3.88. The number of anilines is 1. The third-order valence-electron chi connectivity index (χ3n) is 6.14. The Bertz CT molecular complexity index is 906. The van der Waals surface area contributed by atoms with Crippen LogP contribution in [-0.4, -0.2) is 54.3 Å². The maximum Gasteiger partial charge on any atom is 0.256 e. The molecule has 6 nitrogen and oxygen atoms in total. The Balaban J connectivity index is 1.36. The Kier molecular flexibility index (Phi) is 6.87. The number of nitrogens with one attached hydrogen (secondary N) is 2. The van der Waals surface area contributed by atoms with E-state index >= 15 is 0 Å². The van der Waals surface area contributed by atoms with Crippen LogP contribution in [0.4, 0.5) is 5.69 Å². The number of fused-ring (bicyclic) bond motifs is 1. The van der Waals surface area contributed by atoms with Crippen LogP contribution in [0.15, 0.2) is 48.5 Å². The Morgan fingerprint density at radius 2 is 1.74 bits per heavy atom. The Hall–Kier alpha value is -2.86. The van der Waals surface area contributed by atoms with Gasteiger partial charge in [-0.1, -0.05) is 31.5 Å². The van der Waals surface area contributed by atoms with Gasteiger partial charge in [-0.05, 0) is 62.7 Å². The molecule has 0 saturated carbocycles. The number of likely N-dealkylation sites (tertiary alicyclic amines) is 1. The minimum Gasteiger partial charge on any atom is -0.361 e. The monoisotopic (exact) mass is 420 g/mol. The summed E-state index contributed by atoms with van der Waals surface area (Å²) in [5.41, 5.74) is 3.30. The third-order valence-corrected chi connectivity index (χ3v) is 6.14. The van der Waals surface area contributed by atoms with Crippen LogP contribution >= 0.6 is 0 Å². The first-order chi connectivity index (χ1) is 15.2. The highest BCUT2D eigenvalue weighted by molar-refractivity contribution is 5.99. The molecular weight excluding hydrogens is 388 g/mol. The highest BCUT2D eigenvalue weighted by Crippen LogP contribution is 2.34. The van der Waals surface area contributed by atoms with Gasteiger partial charge in [0, 0.05) is 42.0 Å². The molecule has 1 atom stereocenters. The quantitative estimate of drug-likeness (QED) is 0.680. The van der Waals surface area contributed by atoms with Crippen LogP contribution in [0, 0.1) is 0 Å². The van der Waals surface area contributed by atoms with Crippen molar-refractivity contribution >= 4 is 17.5 Å². The normalized spacial score (nSPS) is 18.7. The molecule has 2 aromatic rings. The number of amides is 2. The number of hydrogen-bond donors (Lipinski definition) is 2. The maximum atomic E-state index is 12.8. The van der Waals surface area contributed by atoms with Crippen LogP contribution < -0.4 is 10.6 Å². The molecule has 2 heterocycles. The average molecular weight is 421 g/mol. The van der Waals surface area contributed by atoms with Gasteiger partial charge in [-0.15, -0.1) is 0 Å². The molecular formula is C25H32N4O2. The van der Waals surface area contributed by atoms with Crippen LogP contribution in [0.1, 0.15) is 65.1 Å². The second kappa shape index (κ2) is 9.96. The zero-order chi connectivity index (χ0) is 21.6. The largest absolute Gasteiger partial charge is 0.361 e. The second-order valence-electron chi connectivity index (χ2n) is 8.37.